The van der Waals surface area contributed by atoms with Crippen LogP contribution in [0, 0.1) is 17.8 Å². The minimum absolute atomic E-state index is 0.0453. The molecule has 0 spiro atoms. The molecule has 0 saturated heterocycles. The molecule has 0 unspecified atom stereocenters. The molecule has 0 radical (unpaired) electrons. The zero-order valence-electron chi connectivity index (χ0n) is 23.5. The number of fused-ring (bicyclic) bond motifs is 1. The standard InChI is InChI=1S/C30H43F3O4Si/c1-21-18-27-26(14-9-7-8-10-15-28(34)36-27)25(21)17-16-24(37-38(5,6)29(2,3)4)20-35-23-13-11-12-22(19-23)30(31,32)33/h7,9,11-13,16-17,19,21,24-27H,8,10,14-15,18,20H2,1-6H3/b9-7-,17-16+/t21-,24-,25+,26-,27+/m1/s1. The molecule has 1 saturated carbocycles. The van der Waals surface area contributed by atoms with E-state index in [0.29, 0.717) is 12.3 Å². The van der Waals surface area contributed by atoms with Crippen molar-refractivity contribution in [2.45, 2.75) is 96.3 Å². The summed E-state index contributed by atoms with van der Waals surface area (Å²) in [5.74, 6) is 0.728. The van der Waals surface area contributed by atoms with E-state index in [1.165, 1.54) is 12.1 Å². The minimum Gasteiger partial charge on any atom is -0.491 e. The lowest BCUT2D eigenvalue weighted by Gasteiger charge is -2.38. The normalized spacial score (nSPS) is 27.0. The number of benzene rings is 1. The third-order valence-corrected chi connectivity index (χ3v) is 12.7. The van der Waals surface area contributed by atoms with Gasteiger partial charge in [-0.05, 0) is 73.9 Å². The molecular weight excluding hydrogens is 509 g/mol. The van der Waals surface area contributed by atoms with Crippen molar-refractivity contribution >= 4 is 14.3 Å². The van der Waals surface area contributed by atoms with Crippen LogP contribution in [0.3, 0.4) is 0 Å². The Balaban J connectivity index is 1.81. The van der Waals surface area contributed by atoms with Gasteiger partial charge in [0.05, 0.1) is 11.7 Å². The first kappa shape index (κ1) is 30.5. The second-order valence-electron chi connectivity index (χ2n) is 12.2. The van der Waals surface area contributed by atoms with Crippen molar-refractivity contribution in [1.29, 1.82) is 0 Å². The van der Waals surface area contributed by atoms with Gasteiger partial charge in [-0.15, -0.1) is 0 Å². The largest absolute Gasteiger partial charge is 0.491 e. The molecule has 2 aliphatic rings. The highest BCUT2D eigenvalue weighted by atomic mass is 28.4. The Labute approximate surface area is 226 Å². The lowest BCUT2D eigenvalue weighted by atomic mass is 9.86. The maximum Gasteiger partial charge on any atom is 0.416 e. The highest BCUT2D eigenvalue weighted by Crippen LogP contribution is 2.43. The monoisotopic (exact) mass is 552 g/mol. The molecule has 0 amide bonds. The van der Waals surface area contributed by atoms with Gasteiger partial charge in [0.15, 0.2) is 8.32 Å². The number of allylic oxidation sites excluding steroid dienone is 3. The quantitative estimate of drug-likeness (QED) is 0.194. The highest BCUT2D eigenvalue weighted by molar-refractivity contribution is 6.74. The van der Waals surface area contributed by atoms with Gasteiger partial charge in [-0.25, -0.2) is 0 Å². The van der Waals surface area contributed by atoms with Crippen LogP contribution in [0.2, 0.25) is 18.1 Å². The van der Waals surface area contributed by atoms with Crippen molar-refractivity contribution in [3.63, 3.8) is 0 Å². The third kappa shape index (κ3) is 8.22. The van der Waals surface area contributed by atoms with Crippen molar-refractivity contribution in [2.24, 2.45) is 17.8 Å². The van der Waals surface area contributed by atoms with E-state index in [9.17, 15) is 18.0 Å². The van der Waals surface area contributed by atoms with Crippen LogP contribution >= 0.6 is 0 Å². The first-order valence-corrected chi connectivity index (χ1v) is 16.6. The number of carbonyl (C=O) groups excluding carboxylic acids is 1. The Hall–Kier alpha value is -2.06. The van der Waals surface area contributed by atoms with Gasteiger partial charge in [0, 0.05) is 12.3 Å². The number of rotatable bonds is 7. The van der Waals surface area contributed by atoms with Gasteiger partial charge in [-0.1, -0.05) is 58.1 Å². The first-order chi connectivity index (χ1) is 17.7. The van der Waals surface area contributed by atoms with Crippen LogP contribution in [0.1, 0.15) is 65.4 Å². The molecule has 1 aromatic carbocycles. The van der Waals surface area contributed by atoms with Gasteiger partial charge in [0.25, 0.3) is 0 Å². The van der Waals surface area contributed by atoms with Crippen molar-refractivity contribution in [2.75, 3.05) is 6.61 Å². The van der Waals surface area contributed by atoms with Crippen LogP contribution in [0.15, 0.2) is 48.6 Å². The number of hydrogen-bond acceptors (Lipinski definition) is 4. The molecule has 0 aromatic heterocycles. The summed E-state index contributed by atoms with van der Waals surface area (Å²) in [6, 6.07) is 4.95. The van der Waals surface area contributed by atoms with Crippen molar-refractivity contribution < 1.29 is 31.9 Å². The van der Waals surface area contributed by atoms with Crippen molar-refractivity contribution in [3.8, 4) is 5.75 Å². The van der Waals surface area contributed by atoms with Gasteiger partial charge in [0.1, 0.15) is 18.5 Å². The molecule has 5 atom stereocenters. The lowest BCUT2D eigenvalue weighted by molar-refractivity contribution is -0.151. The fourth-order valence-electron chi connectivity index (χ4n) is 4.99. The molecule has 8 heteroatoms. The van der Waals surface area contributed by atoms with Crippen LogP contribution in [0.4, 0.5) is 13.2 Å². The van der Waals surface area contributed by atoms with E-state index in [2.05, 4.69) is 59.0 Å². The van der Waals surface area contributed by atoms with E-state index in [0.717, 1.165) is 37.8 Å². The fourth-order valence-corrected chi connectivity index (χ4v) is 6.24. The second kappa shape index (κ2) is 12.4. The number of esters is 1. The number of ether oxygens (including phenoxy) is 2. The summed E-state index contributed by atoms with van der Waals surface area (Å²) in [5, 5.41) is -0.0453. The van der Waals surface area contributed by atoms with Gasteiger partial charge in [-0.2, -0.15) is 13.2 Å². The Bertz CT molecular complexity index is 996. The van der Waals surface area contributed by atoms with Crippen molar-refractivity contribution in [1.82, 2.24) is 0 Å². The van der Waals surface area contributed by atoms with E-state index in [1.807, 2.05) is 6.08 Å². The summed E-state index contributed by atoms with van der Waals surface area (Å²) >= 11 is 0. The molecule has 1 heterocycles. The van der Waals surface area contributed by atoms with Gasteiger partial charge < -0.3 is 13.9 Å². The van der Waals surface area contributed by atoms with E-state index >= 15 is 0 Å². The maximum absolute atomic E-state index is 13.2. The predicted octanol–water partition coefficient (Wildman–Crippen LogP) is 8.35. The number of hydrogen-bond donors (Lipinski definition) is 0. The molecule has 1 aromatic rings. The molecule has 212 valence electrons. The number of carbonyl (C=O) groups is 1. The number of alkyl halides is 3. The van der Waals surface area contributed by atoms with Crippen molar-refractivity contribution in [3.05, 3.63) is 54.1 Å². The molecule has 1 aliphatic heterocycles. The van der Waals surface area contributed by atoms with Crippen LogP contribution < -0.4 is 4.74 Å². The zero-order chi connectivity index (χ0) is 28.1. The first-order valence-electron chi connectivity index (χ1n) is 13.7. The predicted molar refractivity (Wildman–Crippen MR) is 146 cm³/mol. The van der Waals surface area contributed by atoms with E-state index in [1.54, 1.807) is 0 Å². The van der Waals surface area contributed by atoms with Crippen LogP contribution in [0.5, 0.6) is 5.75 Å². The Kier molecular flexibility index (Phi) is 9.96. The topological polar surface area (TPSA) is 44.8 Å². The Morgan fingerprint density at radius 1 is 1.18 bits per heavy atom. The summed E-state index contributed by atoms with van der Waals surface area (Å²) in [7, 11) is -2.20. The molecule has 0 N–H and O–H groups in total. The maximum atomic E-state index is 13.2. The summed E-state index contributed by atoms with van der Waals surface area (Å²) in [6.07, 6.45) is 7.35. The average Bonchev–Trinajstić information content (AvgIpc) is 3.10. The summed E-state index contributed by atoms with van der Waals surface area (Å²) < 4.78 is 58.0. The lowest BCUT2D eigenvalue weighted by Crippen LogP contribution is -2.45. The SMILES string of the molecule is C[C@@H]1C[C@@H]2OC(=O)CCC/C=C\C[C@@H]2[C@H]1/C=C/[C@H](COc1cccc(C(F)(F)F)c1)O[Si](C)(C)C(C)(C)C. The Morgan fingerprint density at radius 3 is 2.61 bits per heavy atom. The molecule has 38 heavy (non-hydrogen) atoms. The second-order valence-corrected chi connectivity index (χ2v) is 17.0. The molecule has 4 nitrogen and oxygen atoms in total. The number of halogens is 3. The smallest absolute Gasteiger partial charge is 0.416 e. The molecule has 1 fully saturated rings. The molecule has 3 rings (SSSR count). The Morgan fingerprint density at radius 2 is 1.92 bits per heavy atom. The van der Waals surface area contributed by atoms with Gasteiger partial charge in [0.2, 0.25) is 0 Å². The highest BCUT2D eigenvalue weighted by Gasteiger charge is 2.42. The van der Waals surface area contributed by atoms with Crippen LogP contribution in [0.25, 0.3) is 0 Å². The summed E-state index contributed by atoms with van der Waals surface area (Å²) in [4.78, 5) is 12.3. The minimum atomic E-state index is -4.43. The van der Waals surface area contributed by atoms with E-state index < -0.39 is 26.2 Å². The van der Waals surface area contributed by atoms with E-state index in [-0.39, 0.29) is 41.3 Å². The third-order valence-electron chi connectivity index (χ3n) is 8.22. The summed E-state index contributed by atoms with van der Waals surface area (Å²) in [5.41, 5.74) is -0.739. The summed E-state index contributed by atoms with van der Waals surface area (Å²) in [6.45, 7) is 13.0. The average molecular weight is 553 g/mol. The van der Waals surface area contributed by atoms with Gasteiger partial charge >= 0.3 is 12.1 Å². The molecular formula is C30H43F3O4Si. The molecule has 0 bridgehead atoms. The van der Waals surface area contributed by atoms with Crippen LogP contribution in [-0.2, 0) is 20.1 Å². The fraction of sp³-hybridized carbons (Fsp3) is 0.633. The van der Waals surface area contributed by atoms with Gasteiger partial charge in [-0.3, -0.25) is 4.79 Å². The zero-order valence-corrected chi connectivity index (χ0v) is 24.5. The molecule has 1 aliphatic carbocycles. The van der Waals surface area contributed by atoms with Crippen LogP contribution in [-0.4, -0.2) is 33.1 Å². The van der Waals surface area contributed by atoms with E-state index in [4.69, 9.17) is 13.9 Å².